The first kappa shape index (κ1) is 16.2. The summed E-state index contributed by atoms with van der Waals surface area (Å²) in [5.41, 5.74) is 0.320. The summed E-state index contributed by atoms with van der Waals surface area (Å²) < 4.78 is 39.5. The average Bonchev–Trinajstić information content (AvgIpc) is 3.03. The van der Waals surface area contributed by atoms with E-state index in [2.05, 4.69) is 9.97 Å². The number of halogens is 3. The van der Waals surface area contributed by atoms with Crippen LogP contribution in [0.2, 0.25) is 0 Å². The van der Waals surface area contributed by atoms with Crippen LogP contribution in [-0.4, -0.2) is 19.6 Å². The molecular formula is C17H14F3N3O. The minimum Gasteiger partial charge on any atom is -0.387 e. The smallest absolute Gasteiger partial charge is 0.387 e. The largest absolute Gasteiger partial charge is 0.416 e. The first-order valence-corrected chi connectivity index (χ1v) is 7.23. The number of alkyl halides is 3. The van der Waals surface area contributed by atoms with E-state index in [9.17, 15) is 18.3 Å². The number of aliphatic hydroxyl groups excluding tert-OH is 1. The lowest BCUT2D eigenvalue weighted by Crippen LogP contribution is -2.10. The van der Waals surface area contributed by atoms with Gasteiger partial charge in [0.2, 0.25) is 0 Å². The number of hydrogen-bond acceptors (Lipinski definition) is 3. The van der Waals surface area contributed by atoms with Crippen LogP contribution in [0.1, 0.15) is 17.2 Å². The number of rotatable bonds is 4. The van der Waals surface area contributed by atoms with Gasteiger partial charge in [0.25, 0.3) is 0 Å². The lowest BCUT2D eigenvalue weighted by molar-refractivity contribution is -0.137. The van der Waals surface area contributed by atoms with Crippen LogP contribution in [0.3, 0.4) is 0 Å². The SMILES string of the molecule is OC(Cn1ccnc1-c1ccccn1)c1ccc(C(F)(F)F)cc1. The average molecular weight is 333 g/mol. The van der Waals surface area contributed by atoms with Gasteiger partial charge in [-0.05, 0) is 29.8 Å². The molecule has 124 valence electrons. The van der Waals surface area contributed by atoms with E-state index in [1.807, 2.05) is 6.07 Å². The van der Waals surface area contributed by atoms with Crippen molar-refractivity contribution in [2.45, 2.75) is 18.8 Å². The molecule has 7 heteroatoms. The highest BCUT2D eigenvalue weighted by Gasteiger charge is 2.30. The number of nitrogens with zero attached hydrogens (tertiary/aromatic N) is 3. The van der Waals surface area contributed by atoms with Crippen molar-refractivity contribution >= 4 is 0 Å². The highest BCUT2D eigenvalue weighted by atomic mass is 19.4. The fraction of sp³-hybridized carbons (Fsp3) is 0.176. The summed E-state index contributed by atoms with van der Waals surface area (Å²) in [7, 11) is 0. The number of pyridine rings is 1. The van der Waals surface area contributed by atoms with Crippen molar-refractivity contribution in [1.29, 1.82) is 0 Å². The molecule has 1 unspecified atom stereocenters. The topological polar surface area (TPSA) is 50.9 Å². The maximum atomic E-state index is 12.6. The Morgan fingerprint density at radius 2 is 1.75 bits per heavy atom. The van der Waals surface area contributed by atoms with Gasteiger partial charge in [0.05, 0.1) is 18.2 Å². The monoisotopic (exact) mass is 333 g/mol. The predicted octanol–water partition coefficient (Wildman–Crippen LogP) is 3.70. The third kappa shape index (κ3) is 3.46. The molecule has 1 N–H and O–H groups in total. The molecule has 0 aliphatic heterocycles. The minimum absolute atomic E-state index is 0.164. The third-order valence-corrected chi connectivity index (χ3v) is 3.60. The van der Waals surface area contributed by atoms with E-state index < -0.39 is 17.8 Å². The van der Waals surface area contributed by atoms with E-state index in [1.165, 1.54) is 12.1 Å². The molecule has 0 aliphatic carbocycles. The normalized spacial score (nSPS) is 13.0. The zero-order valence-electron chi connectivity index (χ0n) is 12.5. The molecule has 0 aliphatic rings. The van der Waals surface area contributed by atoms with Crippen molar-refractivity contribution in [3.63, 3.8) is 0 Å². The highest BCUT2D eigenvalue weighted by Crippen LogP contribution is 2.30. The van der Waals surface area contributed by atoms with Gasteiger partial charge in [0.15, 0.2) is 5.82 Å². The Morgan fingerprint density at radius 1 is 1.00 bits per heavy atom. The highest BCUT2D eigenvalue weighted by molar-refractivity contribution is 5.49. The molecule has 4 nitrogen and oxygen atoms in total. The van der Waals surface area contributed by atoms with E-state index in [1.54, 1.807) is 35.3 Å². The molecule has 0 radical (unpaired) electrons. The van der Waals surface area contributed by atoms with Crippen molar-refractivity contribution in [1.82, 2.24) is 14.5 Å². The Labute approximate surface area is 136 Å². The first-order chi connectivity index (χ1) is 11.4. The summed E-state index contributed by atoms with van der Waals surface area (Å²) in [6.45, 7) is 0.164. The molecular weight excluding hydrogens is 319 g/mol. The van der Waals surface area contributed by atoms with Crippen LogP contribution in [0.4, 0.5) is 13.2 Å². The van der Waals surface area contributed by atoms with Crippen LogP contribution in [0.5, 0.6) is 0 Å². The van der Waals surface area contributed by atoms with Gasteiger partial charge in [0.1, 0.15) is 5.69 Å². The van der Waals surface area contributed by atoms with Crippen molar-refractivity contribution < 1.29 is 18.3 Å². The molecule has 0 saturated carbocycles. The van der Waals surface area contributed by atoms with Crippen LogP contribution in [0.25, 0.3) is 11.5 Å². The summed E-state index contributed by atoms with van der Waals surface area (Å²) in [6.07, 6.45) is -0.425. The van der Waals surface area contributed by atoms with Crippen LogP contribution < -0.4 is 0 Å². The van der Waals surface area contributed by atoms with Crippen molar-refractivity contribution in [2.24, 2.45) is 0 Å². The van der Waals surface area contributed by atoms with Crippen LogP contribution in [0.15, 0.2) is 61.1 Å². The number of hydrogen-bond donors (Lipinski definition) is 1. The Kier molecular flexibility index (Phi) is 4.35. The zero-order valence-corrected chi connectivity index (χ0v) is 12.5. The van der Waals surface area contributed by atoms with Gasteiger partial charge in [-0.3, -0.25) is 4.98 Å². The molecule has 3 aromatic rings. The van der Waals surface area contributed by atoms with Gasteiger partial charge in [-0.1, -0.05) is 18.2 Å². The second kappa shape index (κ2) is 6.45. The number of imidazole rings is 1. The molecule has 1 aromatic carbocycles. The second-order valence-corrected chi connectivity index (χ2v) is 5.25. The number of benzene rings is 1. The molecule has 0 spiro atoms. The molecule has 24 heavy (non-hydrogen) atoms. The Balaban J connectivity index is 1.79. The number of aliphatic hydroxyl groups is 1. The first-order valence-electron chi connectivity index (χ1n) is 7.23. The van der Waals surface area contributed by atoms with Gasteiger partial charge >= 0.3 is 6.18 Å². The summed E-state index contributed by atoms with van der Waals surface area (Å²) in [5.74, 6) is 0.585. The lowest BCUT2D eigenvalue weighted by Gasteiger charge is -2.15. The molecule has 2 aromatic heterocycles. The molecule has 0 bridgehead atoms. The predicted molar refractivity (Wildman–Crippen MR) is 81.9 cm³/mol. The van der Waals surface area contributed by atoms with Gasteiger partial charge < -0.3 is 9.67 Å². The van der Waals surface area contributed by atoms with E-state index in [0.29, 0.717) is 17.1 Å². The summed E-state index contributed by atoms with van der Waals surface area (Å²) in [6, 6.07) is 9.90. The van der Waals surface area contributed by atoms with Crippen LogP contribution in [-0.2, 0) is 12.7 Å². The molecule has 2 heterocycles. The van der Waals surface area contributed by atoms with Gasteiger partial charge in [-0.15, -0.1) is 0 Å². The molecule has 1 atom stereocenters. The molecule has 0 amide bonds. The van der Waals surface area contributed by atoms with Crippen molar-refractivity contribution in [2.75, 3.05) is 0 Å². The van der Waals surface area contributed by atoms with Gasteiger partial charge in [-0.2, -0.15) is 13.2 Å². The maximum absolute atomic E-state index is 12.6. The van der Waals surface area contributed by atoms with E-state index in [-0.39, 0.29) is 6.54 Å². The quantitative estimate of drug-likeness (QED) is 0.792. The van der Waals surface area contributed by atoms with Crippen LogP contribution >= 0.6 is 0 Å². The Morgan fingerprint density at radius 3 is 2.38 bits per heavy atom. The van der Waals surface area contributed by atoms with E-state index >= 15 is 0 Å². The lowest BCUT2D eigenvalue weighted by atomic mass is 10.1. The van der Waals surface area contributed by atoms with Crippen LogP contribution in [0, 0.1) is 0 Å². The standard InChI is InChI=1S/C17H14F3N3O/c18-17(19,20)13-6-4-12(5-7-13)15(24)11-23-10-9-22-16(23)14-3-1-2-8-21-14/h1-10,15,24H,11H2. The molecule has 0 fully saturated rings. The van der Waals surface area contributed by atoms with Gasteiger partial charge in [0, 0.05) is 18.6 Å². The zero-order chi connectivity index (χ0) is 17.2. The Bertz CT molecular complexity index is 798. The van der Waals surface area contributed by atoms with E-state index in [0.717, 1.165) is 12.1 Å². The summed E-state index contributed by atoms with van der Waals surface area (Å²) in [4.78, 5) is 8.43. The van der Waals surface area contributed by atoms with Crippen molar-refractivity contribution in [3.05, 3.63) is 72.2 Å². The fourth-order valence-corrected chi connectivity index (χ4v) is 2.37. The maximum Gasteiger partial charge on any atom is 0.416 e. The molecule has 3 rings (SSSR count). The Hall–Kier alpha value is -2.67. The summed E-state index contributed by atoms with van der Waals surface area (Å²) in [5, 5.41) is 10.3. The van der Waals surface area contributed by atoms with Crippen molar-refractivity contribution in [3.8, 4) is 11.5 Å². The molecule has 0 saturated heterocycles. The van der Waals surface area contributed by atoms with E-state index in [4.69, 9.17) is 0 Å². The fourth-order valence-electron chi connectivity index (χ4n) is 2.37. The second-order valence-electron chi connectivity index (χ2n) is 5.25. The third-order valence-electron chi connectivity index (χ3n) is 3.60. The number of aromatic nitrogens is 3. The summed E-state index contributed by atoms with van der Waals surface area (Å²) >= 11 is 0. The van der Waals surface area contributed by atoms with Gasteiger partial charge in [-0.25, -0.2) is 4.98 Å². The minimum atomic E-state index is -4.39.